The third-order valence-corrected chi connectivity index (χ3v) is 1.82. The van der Waals surface area contributed by atoms with Gasteiger partial charge in [-0.2, -0.15) is 0 Å². The summed E-state index contributed by atoms with van der Waals surface area (Å²) >= 11 is 0. The molecule has 0 amide bonds. The van der Waals surface area contributed by atoms with Crippen molar-refractivity contribution >= 4 is 0 Å². The van der Waals surface area contributed by atoms with Crippen molar-refractivity contribution in [2.45, 2.75) is 6.54 Å². The molecule has 0 saturated heterocycles. The van der Waals surface area contributed by atoms with Crippen LogP contribution >= 0.6 is 0 Å². The molecule has 1 rings (SSSR count). The van der Waals surface area contributed by atoms with Gasteiger partial charge in [0.2, 0.25) is 6.54 Å². The Morgan fingerprint density at radius 1 is 1.29 bits per heavy atom. The van der Waals surface area contributed by atoms with E-state index in [2.05, 4.69) is 0 Å². The van der Waals surface area contributed by atoms with Gasteiger partial charge in [0, 0.05) is 4.92 Å². The van der Waals surface area contributed by atoms with Gasteiger partial charge in [0.1, 0.15) is 17.1 Å². The van der Waals surface area contributed by atoms with Gasteiger partial charge in [0.15, 0.2) is 0 Å². The fourth-order valence-corrected chi connectivity index (χ4v) is 1.21. The molecular formula is C9H11NO4. The number of nitro groups is 1. The lowest BCUT2D eigenvalue weighted by Gasteiger charge is -2.09. The van der Waals surface area contributed by atoms with Gasteiger partial charge in [-0.15, -0.1) is 0 Å². The molecule has 5 heteroatoms. The second-order valence-corrected chi connectivity index (χ2v) is 2.63. The number of hydrogen-bond donors (Lipinski definition) is 0. The fourth-order valence-electron chi connectivity index (χ4n) is 1.21. The molecule has 1 aromatic carbocycles. The van der Waals surface area contributed by atoms with Crippen LogP contribution in [0.3, 0.4) is 0 Å². The number of hydrogen-bond acceptors (Lipinski definition) is 4. The molecule has 0 N–H and O–H groups in total. The molecule has 0 aliphatic heterocycles. The minimum Gasteiger partial charge on any atom is -0.496 e. The van der Waals surface area contributed by atoms with Gasteiger partial charge in [-0.05, 0) is 12.1 Å². The van der Waals surface area contributed by atoms with E-state index in [-0.39, 0.29) is 6.54 Å². The molecule has 0 aromatic heterocycles. The number of nitrogens with zero attached hydrogens (tertiary/aromatic N) is 1. The lowest BCUT2D eigenvalue weighted by molar-refractivity contribution is -0.497. The zero-order chi connectivity index (χ0) is 10.6. The molecule has 0 radical (unpaired) electrons. The van der Waals surface area contributed by atoms with Gasteiger partial charge in [-0.1, -0.05) is 6.07 Å². The second-order valence-electron chi connectivity index (χ2n) is 2.63. The maximum atomic E-state index is 10.4. The Morgan fingerprint density at radius 3 is 2.14 bits per heavy atom. The molecule has 5 nitrogen and oxygen atoms in total. The van der Waals surface area contributed by atoms with E-state index in [0.717, 1.165) is 0 Å². The van der Waals surface area contributed by atoms with E-state index in [1.54, 1.807) is 18.2 Å². The first-order valence-corrected chi connectivity index (χ1v) is 4.00. The summed E-state index contributed by atoms with van der Waals surface area (Å²) in [5.41, 5.74) is 0.461. The van der Waals surface area contributed by atoms with Crippen molar-refractivity contribution in [2.75, 3.05) is 14.2 Å². The average Bonchev–Trinajstić information content (AvgIpc) is 2.17. The highest BCUT2D eigenvalue weighted by atomic mass is 16.6. The molecule has 1 aromatic rings. The SMILES string of the molecule is COc1cccc(OC)c1C[N+](=O)[O-]. The summed E-state index contributed by atoms with van der Waals surface area (Å²) in [4.78, 5) is 9.98. The molecule has 0 bridgehead atoms. The molecule has 0 atom stereocenters. The van der Waals surface area contributed by atoms with Gasteiger partial charge < -0.3 is 9.47 Å². The molecule has 0 fully saturated rings. The van der Waals surface area contributed by atoms with E-state index < -0.39 is 4.92 Å². The summed E-state index contributed by atoms with van der Waals surface area (Å²) in [7, 11) is 2.94. The van der Waals surface area contributed by atoms with Crippen LogP contribution in [-0.2, 0) is 6.54 Å². The number of methoxy groups -OCH3 is 2. The topological polar surface area (TPSA) is 61.6 Å². The van der Waals surface area contributed by atoms with Crippen molar-refractivity contribution in [3.8, 4) is 11.5 Å². The maximum Gasteiger partial charge on any atom is 0.236 e. The van der Waals surface area contributed by atoms with Crippen LogP contribution in [-0.4, -0.2) is 19.1 Å². The van der Waals surface area contributed by atoms with Crippen molar-refractivity contribution in [2.24, 2.45) is 0 Å². The monoisotopic (exact) mass is 197 g/mol. The molecule has 0 aliphatic rings. The lowest BCUT2D eigenvalue weighted by atomic mass is 10.2. The first-order valence-electron chi connectivity index (χ1n) is 4.00. The van der Waals surface area contributed by atoms with Gasteiger partial charge in [-0.3, -0.25) is 10.1 Å². The summed E-state index contributed by atoms with van der Waals surface area (Å²) in [5, 5.41) is 10.4. The van der Waals surface area contributed by atoms with E-state index in [1.165, 1.54) is 14.2 Å². The standard InChI is InChI=1S/C9H11NO4/c1-13-8-4-3-5-9(14-2)7(8)6-10(11)12/h3-5H,6H2,1-2H3. The smallest absolute Gasteiger partial charge is 0.236 e. The van der Waals surface area contributed by atoms with Gasteiger partial charge in [0.25, 0.3) is 0 Å². The number of benzene rings is 1. The highest BCUT2D eigenvalue weighted by Crippen LogP contribution is 2.28. The summed E-state index contributed by atoms with van der Waals surface area (Å²) in [6.45, 7) is -0.298. The maximum absolute atomic E-state index is 10.4. The first-order chi connectivity index (χ1) is 6.69. The van der Waals surface area contributed by atoms with E-state index in [0.29, 0.717) is 17.1 Å². The van der Waals surface area contributed by atoms with Crippen LogP contribution in [0.1, 0.15) is 5.56 Å². The van der Waals surface area contributed by atoms with E-state index >= 15 is 0 Å². The highest BCUT2D eigenvalue weighted by molar-refractivity contribution is 5.44. The minimum absolute atomic E-state index is 0.298. The molecule has 0 aliphatic carbocycles. The van der Waals surface area contributed by atoms with Crippen LogP contribution in [0.5, 0.6) is 11.5 Å². The summed E-state index contributed by atoms with van der Waals surface area (Å²) in [6.07, 6.45) is 0. The molecule has 0 spiro atoms. The van der Waals surface area contributed by atoms with Gasteiger partial charge >= 0.3 is 0 Å². The van der Waals surface area contributed by atoms with Gasteiger partial charge in [-0.25, -0.2) is 0 Å². The van der Waals surface area contributed by atoms with Crippen molar-refractivity contribution in [3.05, 3.63) is 33.9 Å². The number of rotatable bonds is 4. The molecular weight excluding hydrogens is 186 g/mol. The van der Waals surface area contributed by atoms with E-state index in [9.17, 15) is 10.1 Å². The van der Waals surface area contributed by atoms with Crippen molar-refractivity contribution in [1.82, 2.24) is 0 Å². The van der Waals surface area contributed by atoms with Crippen LogP contribution in [0.4, 0.5) is 0 Å². The lowest BCUT2D eigenvalue weighted by Crippen LogP contribution is -2.03. The first kappa shape index (κ1) is 10.3. The summed E-state index contributed by atoms with van der Waals surface area (Å²) in [5.74, 6) is 0.946. The Hall–Kier alpha value is -1.78. The highest BCUT2D eigenvalue weighted by Gasteiger charge is 2.14. The zero-order valence-electron chi connectivity index (χ0n) is 8.02. The molecule has 0 saturated carbocycles. The Labute approximate surface area is 81.4 Å². The summed E-state index contributed by atoms with van der Waals surface area (Å²) in [6, 6.07) is 5.06. The van der Waals surface area contributed by atoms with Gasteiger partial charge in [0.05, 0.1) is 14.2 Å². The average molecular weight is 197 g/mol. The number of ether oxygens (including phenoxy) is 2. The molecule has 76 valence electrons. The van der Waals surface area contributed by atoms with Crippen molar-refractivity contribution < 1.29 is 14.4 Å². The predicted octanol–water partition coefficient (Wildman–Crippen LogP) is 1.48. The van der Waals surface area contributed by atoms with Crippen LogP contribution in [0.15, 0.2) is 18.2 Å². The van der Waals surface area contributed by atoms with Crippen molar-refractivity contribution in [1.29, 1.82) is 0 Å². The van der Waals surface area contributed by atoms with Crippen LogP contribution in [0.2, 0.25) is 0 Å². The van der Waals surface area contributed by atoms with Crippen LogP contribution in [0, 0.1) is 10.1 Å². The minimum atomic E-state index is -0.416. The molecule has 0 heterocycles. The van der Waals surface area contributed by atoms with E-state index in [4.69, 9.17) is 9.47 Å². The van der Waals surface area contributed by atoms with Crippen LogP contribution in [0.25, 0.3) is 0 Å². The third-order valence-electron chi connectivity index (χ3n) is 1.82. The normalized spacial score (nSPS) is 9.57. The predicted molar refractivity (Wildman–Crippen MR) is 50.2 cm³/mol. The molecule has 14 heavy (non-hydrogen) atoms. The Morgan fingerprint density at radius 2 is 1.79 bits per heavy atom. The summed E-state index contributed by atoms with van der Waals surface area (Å²) < 4.78 is 10.0. The molecule has 0 unspecified atom stereocenters. The Balaban J connectivity index is 3.12. The second kappa shape index (κ2) is 4.45. The van der Waals surface area contributed by atoms with E-state index in [1.807, 2.05) is 0 Å². The zero-order valence-corrected chi connectivity index (χ0v) is 8.02. The Kier molecular flexibility index (Phi) is 3.28. The fraction of sp³-hybridized carbons (Fsp3) is 0.333. The largest absolute Gasteiger partial charge is 0.496 e. The van der Waals surface area contributed by atoms with Crippen molar-refractivity contribution in [3.63, 3.8) is 0 Å². The Bertz CT molecular complexity index is 315. The van der Waals surface area contributed by atoms with Crippen LogP contribution < -0.4 is 9.47 Å². The quantitative estimate of drug-likeness (QED) is 0.541. The third kappa shape index (κ3) is 2.12.